The zero-order chi connectivity index (χ0) is 12.8. The van der Waals surface area contributed by atoms with Crippen LogP contribution >= 0.6 is 43.5 Å². The van der Waals surface area contributed by atoms with Gasteiger partial charge in [0, 0.05) is 20.9 Å². The van der Waals surface area contributed by atoms with Gasteiger partial charge in [-0.1, -0.05) is 34.5 Å². The molecule has 0 aliphatic carbocycles. The minimum absolute atomic E-state index is 0.0682. The molecule has 1 unspecified atom stereocenters. The third-order valence-electron chi connectivity index (χ3n) is 2.46. The quantitative estimate of drug-likeness (QED) is 0.751. The van der Waals surface area contributed by atoms with E-state index in [4.69, 9.17) is 11.6 Å². The molecule has 1 atom stereocenters. The monoisotopic (exact) mass is 381 g/mol. The van der Waals surface area contributed by atoms with Gasteiger partial charge < -0.3 is 5.32 Å². The van der Waals surface area contributed by atoms with E-state index in [1.54, 1.807) is 18.2 Å². The minimum atomic E-state index is -0.0682. The van der Waals surface area contributed by atoms with Crippen molar-refractivity contribution in [3.63, 3.8) is 0 Å². The van der Waals surface area contributed by atoms with Crippen molar-refractivity contribution in [2.75, 3.05) is 5.33 Å². The lowest BCUT2D eigenvalue weighted by atomic mass is 10.1. The summed E-state index contributed by atoms with van der Waals surface area (Å²) in [6, 6.07) is 5.36. The van der Waals surface area contributed by atoms with Gasteiger partial charge >= 0.3 is 0 Å². The second kappa shape index (κ2) is 7.39. The Morgan fingerprint density at radius 2 is 2.24 bits per heavy atom. The van der Waals surface area contributed by atoms with Gasteiger partial charge in [-0.3, -0.25) is 4.79 Å². The maximum atomic E-state index is 12.0. The zero-order valence-electron chi connectivity index (χ0n) is 9.47. The molecule has 0 radical (unpaired) electrons. The molecule has 2 nitrogen and oxygen atoms in total. The second-order valence-corrected chi connectivity index (χ2v) is 5.76. The highest BCUT2D eigenvalue weighted by Gasteiger charge is 2.14. The standard InChI is InChI=1S/C12H14Br2ClNO/c1-2-9(5-6-13)16-12(17)10-4-3-8(15)7-11(10)14/h3-4,7,9H,2,5-6H2,1H3,(H,16,17). The summed E-state index contributed by atoms with van der Waals surface area (Å²) >= 11 is 12.6. The van der Waals surface area contributed by atoms with Gasteiger partial charge in [0.2, 0.25) is 0 Å². The maximum absolute atomic E-state index is 12.0. The van der Waals surface area contributed by atoms with Gasteiger partial charge in [0.05, 0.1) is 5.56 Å². The molecule has 1 aromatic carbocycles. The number of carbonyl (C=O) groups excluding carboxylic acids is 1. The van der Waals surface area contributed by atoms with Crippen LogP contribution in [0, 0.1) is 0 Å². The summed E-state index contributed by atoms with van der Waals surface area (Å²) in [5.74, 6) is -0.0682. The molecule has 5 heteroatoms. The van der Waals surface area contributed by atoms with Gasteiger partial charge in [-0.15, -0.1) is 0 Å². The predicted molar refractivity (Wildman–Crippen MR) is 79.1 cm³/mol. The van der Waals surface area contributed by atoms with Gasteiger partial charge in [-0.25, -0.2) is 0 Å². The normalized spacial score (nSPS) is 12.2. The molecule has 0 bridgehead atoms. The van der Waals surface area contributed by atoms with Crippen molar-refractivity contribution >= 4 is 49.4 Å². The van der Waals surface area contributed by atoms with Crippen molar-refractivity contribution in [3.05, 3.63) is 33.3 Å². The Bertz CT molecular complexity index is 398. The van der Waals surface area contributed by atoms with E-state index in [1.807, 2.05) is 0 Å². The lowest BCUT2D eigenvalue weighted by Gasteiger charge is -2.16. The molecule has 1 rings (SSSR count). The number of hydrogen-bond donors (Lipinski definition) is 1. The van der Waals surface area contributed by atoms with Crippen LogP contribution in [0.4, 0.5) is 0 Å². The van der Waals surface area contributed by atoms with Crippen molar-refractivity contribution in [3.8, 4) is 0 Å². The molecule has 0 heterocycles. The SMILES string of the molecule is CCC(CCBr)NC(=O)c1ccc(Cl)cc1Br. The summed E-state index contributed by atoms with van der Waals surface area (Å²) in [6.07, 6.45) is 1.84. The molecule has 0 saturated heterocycles. The fourth-order valence-corrected chi connectivity index (χ4v) is 2.86. The Morgan fingerprint density at radius 3 is 2.76 bits per heavy atom. The minimum Gasteiger partial charge on any atom is -0.349 e. The molecule has 0 saturated carbocycles. The van der Waals surface area contributed by atoms with Crippen LogP contribution in [0.2, 0.25) is 5.02 Å². The fourth-order valence-electron chi connectivity index (χ4n) is 1.45. The first kappa shape index (κ1) is 15.0. The number of hydrogen-bond acceptors (Lipinski definition) is 1. The van der Waals surface area contributed by atoms with Crippen molar-refractivity contribution in [2.24, 2.45) is 0 Å². The zero-order valence-corrected chi connectivity index (χ0v) is 13.4. The number of amides is 1. The number of nitrogens with one attached hydrogen (secondary N) is 1. The highest BCUT2D eigenvalue weighted by Crippen LogP contribution is 2.21. The summed E-state index contributed by atoms with van der Waals surface area (Å²) in [7, 11) is 0. The molecular formula is C12H14Br2ClNO. The van der Waals surface area contributed by atoms with E-state index in [0.717, 1.165) is 22.6 Å². The first-order chi connectivity index (χ1) is 8.08. The fraction of sp³-hybridized carbons (Fsp3) is 0.417. The van der Waals surface area contributed by atoms with Gasteiger partial charge in [0.15, 0.2) is 0 Å². The lowest BCUT2D eigenvalue weighted by molar-refractivity contribution is 0.0934. The smallest absolute Gasteiger partial charge is 0.252 e. The van der Waals surface area contributed by atoms with Crippen LogP contribution in [0.5, 0.6) is 0 Å². The number of rotatable bonds is 5. The maximum Gasteiger partial charge on any atom is 0.252 e. The average molecular weight is 384 g/mol. The Morgan fingerprint density at radius 1 is 1.53 bits per heavy atom. The number of halogens is 3. The molecule has 1 amide bonds. The lowest BCUT2D eigenvalue weighted by Crippen LogP contribution is -2.34. The van der Waals surface area contributed by atoms with Crippen LogP contribution in [-0.4, -0.2) is 17.3 Å². The van der Waals surface area contributed by atoms with E-state index < -0.39 is 0 Å². The van der Waals surface area contributed by atoms with E-state index in [-0.39, 0.29) is 11.9 Å². The highest BCUT2D eigenvalue weighted by atomic mass is 79.9. The topological polar surface area (TPSA) is 29.1 Å². The van der Waals surface area contributed by atoms with Gasteiger partial charge in [-0.2, -0.15) is 0 Å². The molecule has 0 aliphatic heterocycles. The molecule has 1 aromatic rings. The van der Waals surface area contributed by atoms with Crippen molar-refractivity contribution in [2.45, 2.75) is 25.8 Å². The number of benzene rings is 1. The Kier molecular flexibility index (Phi) is 6.52. The van der Waals surface area contributed by atoms with E-state index in [1.165, 1.54) is 0 Å². The third kappa shape index (κ3) is 4.60. The van der Waals surface area contributed by atoms with Gasteiger partial charge in [0.1, 0.15) is 0 Å². The van der Waals surface area contributed by atoms with Crippen LogP contribution < -0.4 is 5.32 Å². The third-order valence-corrected chi connectivity index (χ3v) is 3.81. The van der Waals surface area contributed by atoms with E-state index in [2.05, 4.69) is 44.1 Å². The van der Waals surface area contributed by atoms with E-state index in [9.17, 15) is 4.79 Å². The van der Waals surface area contributed by atoms with E-state index >= 15 is 0 Å². The summed E-state index contributed by atoms with van der Waals surface area (Å²) in [5, 5.41) is 4.50. The molecule has 0 fully saturated rings. The summed E-state index contributed by atoms with van der Waals surface area (Å²) in [4.78, 5) is 12.0. The Balaban J connectivity index is 2.75. The molecule has 1 N–H and O–H groups in total. The molecule has 17 heavy (non-hydrogen) atoms. The summed E-state index contributed by atoms with van der Waals surface area (Å²) in [5.41, 5.74) is 0.613. The molecule has 0 spiro atoms. The van der Waals surface area contributed by atoms with Crippen molar-refractivity contribution < 1.29 is 4.79 Å². The van der Waals surface area contributed by atoms with E-state index in [0.29, 0.717) is 10.6 Å². The van der Waals surface area contributed by atoms with Crippen molar-refractivity contribution in [1.29, 1.82) is 0 Å². The Labute approximate surface area is 123 Å². The van der Waals surface area contributed by atoms with Crippen LogP contribution in [0.3, 0.4) is 0 Å². The number of alkyl halides is 1. The molecule has 94 valence electrons. The van der Waals surface area contributed by atoms with Gasteiger partial charge in [-0.05, 0) is 47.0 Å². The second-order valence-electron chi connectivity index (χ2n) is 3.68. The molecular weight excluding hydrogens is 369 g/mol. The first-order valence-electron chi connectivity index (χ1n) is 5.40. The summed E-state index contributed by atoms with van der Waals surface area (Å²) < 4.78 is 0.719. The van der Waals surface area contributed by atoms with Gasteiger partial charge in [0.25, 0.3) is 5.91 Å². The van der Waals surface area contributed by atoms with Crippen LogP contribution in [0.15, 0.2) is 22.7 Å². The highest BCUT2D eigenvalue weighted by molar-refractivity contribution is 9.10. The largest absolute Gasteiger partial charge is 0.349 e. The summed E-state index contributed by atoms with van der Waals surface area (Å²) in [6.45, 7) is 2.06. The van der Waals surface area contributed by atoms with Crippen molar-refractivity contribution in [1.82, 2.24) is 5.32 Å². The molecule has 0 aliphatic rings. The van der Waals surface area contributed by atoms with Crippen LogP contribution in [0.25, 0.3) is 0 Å². The predicted octanol–water partition coefficient (Wildman–Crippen LogP) is 4.40. The van der Waals surface area contributed by atoms with Crippen LogP contribution in [-0.2, 0) is 0 Å². The first-order valence-corrected chi connectivity index (χ1v) is 7.69. The average Bonchev–Trinajstić information content (AvgIpc) is 2.28. The van der Waals surface area contributed by atoms with Crippen LogP contribution in [0.1, 0.15) is 30.1 Å². The molecule has 0 aromatic heterocycles. The number of carbonyl (C=O) groups is 1. The Hall–Kier alpha value is -0.0600.